The van der Waals surface area contributed by atoms with Gasteiger partial charge in [-0.2, -0.15) is 0 Å². The first-order chi connectivity index (χ1) is 11.9. The third-order valence-corrected chi connectivity index (χ3v) is 4.07. The van der Waals surface area contributed by atoms with Gasteiger partial charge >= 0.3 is 0 Å². The van der Waals surface area contributed by atoms with E-state index in [-0.39, 0.29) is 5.91 Å². The largest absolute Gasteiger partial charge is 0.370 e. The van der Waals surface area contributed by atoms with Crippen molar-refractivity contribution in [2.75, 3.05) is 17.2 Å². The molecule has 2 rings (SSSR count). The van der Waals surface area contributed by atoms with Gasteiger partial charge in [0, 0.05) is 18.3 Å². The molecule has 0 radical (unpaired) electrons. The van der Waals surface area contributed by atoms with Gasteiger partial charge in [-0.15, -0.1) is 0 Å². The Balaban J connectivity index is 2.31. The average molecular weight is 340 g/mol. The predicted molar refractivity (Wildman–Crippen MR) is 103 cm³/mol. The molecule has 0 aliphatic carbocycles. The lowest BCUT2D eigenvalue weighted by Gasteiger charge is -2.20. The van der Waals surface area contributed by atoms with Gasteiger partial charge < -0.3 is 10.6 Å². The smallest absolute Gasteiger partial charge is 0.274 e. The first kappa shape index (κ1) is 18.9. The van der Waals surface area contributed by atoms with E-state index in [0.717, 1.165) is 29.8 Å². The third-order valence-electron chi connectivity index (χ3n) is 4.07. The van der Waals surface area contributed by atoms with E-state index in [1.54, 1.807) is 6.07 Å². The zero-order valence-corrected chi connectivity index (χ0v) is 15.8. The Morgan fingerprint density at radius 1 is 1.08 bits per heavy atom. The van der Waals surface area contributed by atoms with Crippen LogP contribution >= 0.6 is 0 Å². The molecular weight excluding hydrogens is 312 g/mol. The van der Waals surface area contributed by atoms with E-state index in [4.69, 9.17) is 0 Å². The Kier molecular flexibility index (Phi) is 6.51. The Morgan fingerprint density at radius 2 is 1.72 bits per heavy atom. The number of hydrogen-bond donors (Lipinski definition) is 2. The first-order valence-electron chi connectivity index (χ1n) is 8.94. The SMILES string of the molecule is CCCNc1cc(C(=O)Nc2c(C(C)C)cccc2C(C)C)ncn1. The van der Waals surface area contributed by atoms with E-state index in [1.807, 2.05) is 0 Å². The Hall–Kier alpha value is -2.43. The second-order valence-corrected chi connectivity index (χ2v) is 6.79. The molecule has 2 aromatic rings. The number of anilines is 2. The van der Waals surface area contributed by atoms with Crippen molar-refractivity contribution in [2.24, 2.45) is 0 Å². The second-order valence-electron chi connectivity index (χ2n) is 6.79. The standard InChI is InChI=1S/C20H28N4O/c1-6-10-21-18-11-17(22-12-23-18)20(25)24-19-15(13(2)3)8-7-9-16(19)14(4)5/h7-9,11-14H,6,10H2,1-5H3,(H,24,25)(H,21,22,23). The number of amides is 1. The summed E-state index contributed by atoms with van der Waals surface area (Å²) in [7, 11) is 0. The molecule has 2 N–H and O–H groups in total. The number of nitrogens with one attached hydrogen (secondary N) is 2. The molecule has 5 heteroatoms. The van der Waals surface area contributed by atoms with Crippen molar-refractivity contribution in [1.29, 1.82) is 0 Å². The lowest BCUT2D eigenvalue weighted by atomic mass is 9.92. The molecule has 0 bridgehead atoms. The minimum atomic E-state index is -0.211. The highest BCUT2D eigenvalue weighted by Gasteiger charge is 2.17. The average Bonchev–Trinajstić information content (AvgIpc) is 2.59. The van der Waals surface area contributed by atoms with Crippen molar-refractivity contribution >= 4 is 17.4 Å². The summed E-state index contributed by atoms with van der Waals surface area (Å²) in [5, 5.41) is 6.27. The van der Waals surface area contributed by atoms with Gasteiger partial charge in [-0.3, -0.25) is 4.79 Å². The maximum Gasteiger partial charge on any atom is 0.274 e. The fourth-order valence-electron chi connectivity index (χ4n) is 2.70. The third kappa shape index (κ3) is 4.78. The lowest BCUT2D eigenvalue weighted by Crippen LogP contribution is -2.18. The van der Waals surface area contributed by atoms with Gasteiger partial charge in [0.15, 0.2) is 0 Å². The van der Waals surface area contributed by atoms with Crippen LogP contribution in [0, 0.1) is 0 Å². The molecule has 1 aromatic carbocycles. The van der Waals surface area contributed by atoms with Crippen molar-refractivity contribution in [1.82, 2.24) is 9.97 Å². The molecule has 0 saturated carbocycles. The summed E-state index contributed by atoms with van der Waals surface area (Å²) >= 11 is 0. The molecule has 134 valence electrons. The van der Waals surface area contributed by atoms with Crippen molar-refractivity contribution in [3.8, 4) is 0 Å². The number of para-hydroxylation sites is 1. The Bertz CT molecular complexity index is 699. The summed E-state index contributed by atoms with van der Waals surface area (Å²) in [6, 6.07) is 7.89. The van der Waals surface area contributed by atoms with Gasteiger partial charge in [-0.25, -0.2) is 9.97 Å². The monoisotopic (exact) mass is 340 g/mol. The van der Waals surface area contributed by atoms with Crippen molar-refractivity contribution in [3.05, 3.63) is 47.4 Å². The molecule has 0 atom stereocenters. The second kappa shape index (κ2) is 8.60. The number of aromatic nitrogens is 2. The minimum absolute atomic E-state index is 0.211. The van der Waals surface area contributed by atoms with Gasteiger partial charge in [-0.1, -0.05) is 52.8 Å². The van der Waals surface area contributed by atoms with Crippen LogP contribution in [-0.2, 0) is 0 Å². The number of nitrogens with zero attached hydrogens (tertiary/aromatic N) is 2. The Labute approximate surface area is 150 Å². The Morgan fingerprint density at radius 3 is 2.28 bits per heavy atom. The number of carbonyl (C=O) groups is 1. The van der Waals surface area contributed by atoms with Crippen LogP contribution in [0.5, 0.6) is 0 Å². The number of hydrogen-bond acceptors (Lipinski definition) is 4. The maximum atomic E-state index is 12.8. The van der Waals surface area contributed by atoms with Gasteiger partial charge in [-0.05, 0) is 29.4 Å². The highest BCUT2D eigenvalue weighted by Crippen LogP contribution is 2.32. The molecule has 0 aliphatic rings. The molecule has 5 nitrogen and oxygen atoms in total. The number of carbonyl (C=O) groups excluding carboxylic acids is 1. The van der Waals surface area contributed by atoms with Crippen LogP contribution in [0.4, 0.5) is 11.5 Å². The molecule has 25 heavy (non-hydrogen) atoms. The van der Waals surface area contributed by atoms with Gasteiger partial charge in [0.2, 0.25) is 0 Å². The van der Waals surface area contributed by atoms with E-state index in [9.17, 15) is 4.79 Å². The van der Waals surface area contributed by atoms with E-state index in [2.05, 4.69) is 73.4 Å². The summed E-state index contributed by atoms with van der Waals surface area (Å²) in [6.45, 7) is 11.4. The normalized spacial score (nSPS) is 11.0. The van der Waals surface area contributed by atoms with Crippen LogP contribution in [0.1, 0.15) is 74.5 Å². The number of benzene rings is 1. The van der Waals surface area contributed by atoms with Crippen LogP contribution in [0.3, 0.4) is 0 Å². The molecule has 0 fully saturated rings. The predicted octanol–water partition coefficient (Wildman–Crippen LogP) is 4.80. The highest BCUT2D eigenvalue weighted by molar-refractivity contribution is 6.04. The van der Waals surface area contributed by atoms with E-state index in [0.29, 0.717) is 23.3 Å². The molecule has 0 spiro atoms. The highest BCUT2D eigenvalue weighted by atomic mass is 16.1. The summed E-state index contributed by atoms with van der Waals surface area (Å²) in [6.07, 6.45) is 2.41. The van der Waals surface area contributed by atoms with Crippen molar-refractivity contribution in [3.63, 3.8) is 0 Å². The number of rotatable bonds is 7. The van der Waals surface area contributed by atoms with E-state index in [1.165, 1.54) is 6.33 Å². The quantitative estimate of drug-likeness (QED) is 0.760. The molecule has 1 aromatic heterocycles. The molecular formula is C20H28N4O. The fourth-order valence-corrected chi connectivity index (χ4v) is 2.70. The minimum Gasteiger partial charge on any atom is -0.370 e. The first-order valence-corrected chi connectivity index (χ1v) is 8.94. The molecule has 0 unspecified atom stereocenters. The van der Waals surface area contributed by atoms with E-state index >= 15 is 0 Å². The zero-order valence-electron chi connectivity index (χ0n) is 15.8. The summed E-state index contributed by atoms with van der Waals surface area (Å²) in [4.78, 5) is 21.0. The fraction of sp³-hybridized carbons (Fsp3) is 0.450. The maximum absolute atomic E-state index is 12.8. The lowest BCUT2D eigenvalue weighted by molar-refractivity contribution is 0.102. The molecule has 1 amide bonds. The van der Waals surface area contributed by atoms with E-state index < -0.39 is 0 Å². The summed E-state index contributed by atoms with van der Waals surface area (Å²) in [5.41, 5.74) is 3.54. The van der Waals surface area contributed by atoms with Crippen LogP contribution in [0.15, 0.2) is 30.6 Å². The van der Waals surface area contributed by atoms with Gasteiger partial charge in [0.25, 0.3) is 5.91 Å². The van der Waals surface area contributed by atoms with Gasteiger partial charge in [0.05, 0.1) is 0 Å². The van der Waals surface area contributed by atoms with Crippen molar-refractivity contribution in [2.45, 2.75) is 52.9 Å². The molecule has 0 aliphatic heterocycles. The topological polar surface area (TPSA) is 66.9 Å². The zero-order chi connectivity index (χ0) is 18.4. The molecule has 1 heterocycles. The van der Waals surface area contributed by atoms with Gasteiger partial charge in [0.1, 0.15) is 17.8 Å². The van der Waals surface area contributed by atoms with Crippen LogP contribution in [0.25, 0.3) is 0 Å². The summed E-state index contributed by atoms with van der Waals surface area (Å²) < 4.78 is 0. The summed E-state index contributed by atoms with van der Waals surface area (Å²) in [5.74, 6) is 1.10. The molecule has 0 saturated heterocycles. The van der Waals surface area contributed by atoms with Crippen molar-refractivity contribution < 1.29 is 4.79 Å². The van der Waals surface area contributed by atoms with Crippen LogP contribution in [-0.4, -0.2) is 22.4 Å². The van der Waals surface area contributed by atoms with Crippen LogP contribution in [0.2, 0.25) is 0 Å². The van der Waals surface area contributed by atoms with Crippen LogP contribution < -0.4 is 10.6 Å².